The minimum atomic E-state index is 0.594. The summed E-state index contributed by atoms with van der Waals surface area (Å²) in [6.45, 7) is 2.27. The number of fused-ring (bicyclic) bond motifs is 3. The van der Waals surface area contributed by atoms with Crippen LogP contribution >= 0.6 is 0 Å². The second-order valence-electron chi connectivity index (χ2n) is 4.88. The summed E-state index contributed by atoms with van der Waals surface area (Å²) in [6, 6.07) is 9.46. The first kappa shape index (κ1) is 11.5. The quantitative estimate of drug-likeness (QED) is 0.640. The molecule has 0 fully saturated rings. The Bertz CT molecular complexity index is 302. The summed E-state index contributed by atoms with van der Waals surface area (Å²) in [7, 11) is 0. The van der Waals surface area contributed by atoms with Crippen molar-refractivity contribution < 1.29 is 0 Å². The van der Waals surface area contributed by atoms with E-state index in [0.29, 0.717) is 6.04 Å². The van der Waals surface area contributed by atoms with Crippen molar-refractivity contribution in [1.82, 2.24) is 0 Å². The number of hydrogen-bond donors (Lipinski definition) is 1. The fraction of sp³-hybridized carbons (Fsp3) is 0.600. The number of rotatable bonds is 7. The van der Waals surface area contributed by atoms with Gasteiger partial charge in [-0.05, 0) is 24.1 Å². The third-order valence-corrected chi connectivity index (χ3v) is 3.50. The summed E-state index contributed by atoms with van der Waals surface area (Å²) >= 11 is 0. The molecule has 1 aromatic carbocycles. The Morgan fingerprint density at radius 3 is 2.25 bits per heavy atom. The minimum absolute atomic E-state index is 0.594. The highest BCUT2D eigenvalue weighted by molar-refractivity contribution is 5.52. The molecule has 1 aromatic rings. The van der Waals surface area contributed by atoms with Gasteiger partial charge in [-0.25, -0.2) is 0 Å². The minimum Gasteiger partial charge on any atom is -0.378 e. The molecule has 2 aliphatic heterocycles. The Hall–Kier alpha value is -0.980. The Morgan fingerprint density at radius 1 is 0.938 bits per heavy atom. The molecule has 88 valence electrons. The van der Waals surface area contributed by atoms with E-state index in [0.717, 1.165) is 0 Å². The second kappa shape index (κ2) is 5.93. The number of benzene rings is 1. The van der Waals surface area contributed by atoms with E-state index in [-0.39, 0.29) is 0 Å². The van der Waals surface area contributed by atoms with E-state index in [1.807, 2.05) is 0 Å². The van der Waals surface area contributed by atoms with Crippen LogP contribution in [0, 0.1) is 0 Å². The molecule has 0 amide bonds. The van der Waals surface area contributed by atoms with Crippen LogP contribution in [0.5, 0.6) is 0 Å². The van der Waals surface area contributed by atoms with E-state index in [4.69, 9.17) is 0 Å². The van der Waals surface area contributed by atoms with Crippen molar-refractivity contribution in [3.05, 3.63) is 29.8 Å². The van der Waals surface area contributed by atoms with Gasteiger partial charge in [0.05, 0.1) is 6.04 Å². The van der Waals surface area contributed by atoms with Gasteiger partial charge in [0, 0.05) is 5.69 Å². The Morgan fingerprint density at radius 2 is 1.62 bits per heavy atom. The summed E-state index contributed by atoms with van der Waals surface area (Å²) in [6.07, 6.45) is 9.63. The molecule has 0 spiro atoms. The van der Waals surface area contributed by atoms with Gasteiger partial charge in [0.25, 0.3) is 0 Å². The van der Waals surface area contributed by atoms with E-state index in [1.165, 1.54) is 56.2 Å². The van der Waals surface area contributed by atoms with Gasteiger partial charge in [0.2, 0.25) is 0 Å². The fourth-order valence-electron chi connectivity index (χ4n) is 2.46. The number of anilines is 1. The molecule has 0 radical (unpaired) electrons. The Kier molecular flexibility index (Phi) is 4.26. The van der Waals surface area contributed by atoms with Crippen LogP contribution in [0.15, 0.2) is 24.3 Å². The van der Waals surface area contributed by atoms with Crippen LogP contribution in [-0.4, -0.2) is 0 Å². The van der Waals surface area contributed by atoms with Gasteiger partial charge in [-0.2, -0.15) is 0 Å². The lowest BCUT2D eigenvalue weighted by atomic mass is 9.96. The summed E-state index contributed by atoms with van der Waals surface area (Å²) in [4.78, 5) is 0. The van der Waals surface area contributed by atoms with Gasteiger partial charge >= 0.3 is 0 Å². The topological polar surface area (TPSA) is 12.0 Å². The van der Waals surface area contributed by atoms with E-state index >= 15 is 0 Å². The number of hydrogen-bond acceptors (Lipinski definition) is 1. The van der Waals surface area contributed by atoms with E-state index < -0.39 is 0 Å². The average Bonchev–Trinajstić information content (AvgIpc) is 2.35. The van der Waals surface area contributed by atoms with Crippen molar-refractivity contribution in [2.24, 2.45) is 0 Å². The van der Waals surface area contributed by atoms with Crippen molar-refractivity contribution in [2.45, 2.75) is 57.9 Å². The molecule has 1 N–H and O–H groups in total. The lowest BCUT2D eigenvalue weighted by Gasteiger charge is -2.25. The van der Waals surface area contributed by atoms with Crippen molar-refractivity contribution in [3.8, 4) is 0 Å². The molecule has 1 atom stereocenters. The van der Waals surface area contributed by atoms with Gasteiger partial charge in [-0.3, -0.25) is 0 Å². The van der Waals surface area contributed by atoms with E-state index in [1.54, 1.807) is 0 Å². The van der Waals surface area contributed by atoms with Gasteiger partial charge < -0.3 is 5.32 Å². The summed E-state index contributed by atoms with van der Waals surface area (Å²) in [5.41, 5.74) is 2.74. The van der Waals surface area contributed by atoms with Crippen molar-refractivity contribution >= 4 is 5.69 Å². The lowest BCUT2D eigenvalue weighted by molar-refractivity contribution is 0.559. The number of nitrogens with one attached hydrogen (secondary N) is 1. The van der Waals surface area contributed by atoms with Gasteiger partial charge in [0.1, 0.15) is 0 Å². The van der Waals surface area contributed by atoms with Crippen molar-refractivity contribution in [1.29, 1.82) is 0 Å². The van der Waals surface area contributed by atoms with Crippen LogP contribution in [0.4, 0.5) is 5.69 Å². The molecule has 0 saturated heterocycles. The molecular formula is C15H23N. The largest absolute Gasteiger partial charge is 0.378 e. The third-order valence-electron chi connectivity index (χ3n) is 3.50. The predicted octanol–water partition coefficient (Wildman–Crippen LogP) is 4.90. The molecule has 0 aromatic heterocycles. The van der Waals surface area contributed by atoms with Crippen molar-refractivity contribution in [2.75, 3.05) is 5.32 Å². The zero-order chi connectivity index (χ0) is 11.2. The molecule has 2 aliphatic rings. The molecule has 1 nitrogen and oxygen atoms in total. The monoisotopic (exact) mass is 217 g/mol. The van der Waals surface area contributed by atoms with Gasteiger partial charge in [-0.15, -0.1) is 0 Å². The van der Waals surface area contributed by atoms with E-state index in [2.05, 4.69) is 36.5 Å². The molecule has 3 rings (SSSR count). The highest BCUT2D eigenvalue weighted by Gasteiger charge is 2.15. The molecule has 2 heterocycles. The van der Waals surface area contributed by atoms with Gasteiger partial charge in [-0.1, -0.05) is 57.6 Å². The molecule has 0 aliphatic carbocycles. The van der Waals surface area contributed by atoms with Crippen LogP contribution < -0.4 is 5.32 Å². The van der Waals surface area contributed by atoms with Gasteiger partial charge in [0.15, 0.2) is 0 Å². The molecule has 1 heteroatoms. The maximum absolute atomic E-state index is 3.56. The van der Waals surface area contributed by atoms with Crippen LogP contribution in [0.3, 0.4) is 0 Å². The van der Waals surface area contributed by atoms with Crippen LogP contribution in [0.2, 0.25) is 0 Å². The maximum atomic E-state index is 3.56. The van der Waals surface area contributed by atoms with Crippen LogP contribution in [-0.2, 0) is 0 Å². The zero-order valence-electron chi connectivity index (χ0n) is 10.3. The van der Waals surface area contributed by atoms with Crippen LogP contribution in [0.1, 0.15) is 63.5 Å². The zero-order valence-corrected chi connectivity index (χ0v) is 10.3. The third kappa shape index (κ3) is 3.01. The highest BCUT2D eigenvalue weighted by Crippen LogP contribution is 2.30. The molecule has 1 unspecified atom stereocenters. The Balaban J connectivity index is 1.62. The first-order chi connectivity index (χ1) is 7.90. The smallest absolute Gasteiger partial charge is 0.0513 e. The highest BCUT2D eigenvalue weighted by atomic mass is 14.9. The lowest BCUT2D eigenvalue weighted by Crippen LogP contribution is -2.14. The average molecular weight is 217 g/mol. The Labute approximate surface area is 99.3 Å². The summed E-state index contributed by atoms with van der Waals surface area (Å²) in [5, 5.41) is 3.56. The molecular weight excluding hydrogens is 194 g/mol. The standard InChI is InChI=1S/C15H23N/c1-2-3-4-5-6-7-8-15-13-9-11-14(16-15)12-10-13/h9-12,15-16H,2-8H2,1H3. The first-order valence-corrected chi connectivity index (χ1v) is 6.76. The van der Waals surface area contributed by atoms with E-state index in [9.17, 15) is 0 Å². The fourth-order valence-corrected chi connectivity index (χ4v) is 2.46. The van der Waals surface area contributed by atoms with Crippen molar-refractivity contribution in [3.63, 3.8) is 0 Å². The SMILES string of the molecule is CCCCCCCCC1Nc2ccc1cc2. The number of unbranched alkanes of at least 4 members (excludes halogenated alkanes) is 5. The molecule has 16 heavy (non-hydrogen) atoms. The first-order valence-electron chi connectivity index (χ1n) is 6.76. The summed E-state index contributed by atoms with van der Waals surface area (Å²) < 4.78 is 0. The normalized spacial score (nSPS) is 17.4. The molecule has 0 saturated carbocycles. The van der Waals surface area contributed by atoms with Crippen LogP contribution in [0.25, 0.3) is 0 Å². The maximum Gasteiger partial charge on any atom is 0.0513 e. The predicted molar refractivity (Wildman–Crippen MR) is 70.8 cm³/mol. The second-order valence-corrected chi connectivity index (χ2v) is 4.88. The molecule has 2 bridgehead atoms. The summed E-state index contributed by atoms with van der Waals surface area (Å²) in [5.74, 6) is 0.